The van der Waals surface area contributed by atoms with Gasteiger partial charge in [0.15, 0.2) is 0 Å². The van der Waals surface area contributed by atoms with Crippen LogP contribution in [0.5, 0.6) is 0 Å². The Bertz CT molecular complexity index is 479. The molecule has 0 aromatic carbocycles. The van der Waals surface area contributed by atoms with Crippen LogP contribution in [0.25, 0.3) is 0 Å². The number of hydrogen-bond donors (Lipinski definition) is 2. The lowest BCUT2D eigenvalue weighted by Gasteiger charge is -2.29. The smallest absolute Gasteiger partial charge is 0.224 e. The number of rotatable bonds is 5. The van der Waals surface area contributed by atoms with E-state index < -0.39 is 0 Å². The molecule has 0 spiro atoms. The molecule has 4 unspecified atom stereocenters. The maximum atomic E-state index is 4.56. The minimum absolute atomic E-state index is 0.478. The molecule has 5 heteroatoms. The predicted molar refractivity (Wildman–Crippen MR) is 85.9 cm³/mol. The van der Waals surface area contributed by atoms with Crippen molar-refractivity contribution in [2.24, 2.45) is 17.8 Å². The molecule has 4 nitrogen and oxygen atoms in total. The molecule has 2 fully saturated rings. The highest BCUT2D eigenvalue weighted by atomic mass is 79.9. The first-order chi connectivity index (χ1) is 9.67. The van der Waals surface area contributed by atoms with E-state index in [2.05, 4.69) is 50.4 Å². The van der Waals surface area contributed by atoms with E-state index in [0.29, 0.717) is 12.0 Å². The highest BCUT2D eigenvalue weighted by molar-refractivity contribution is 9.10. The second kappa shape index (κ2) is 5.88. The van der Waals surface area contributed by atoms with Gasteiger partial charge in [0.2, 0.25) is 5.95 Å². The predicted octanol–water partition coefficient (Wildman–Crippen LogP) is 3.91. The van der Waals surface area contributed by atoms with E-state index in [1.165, 1.54) is 25.7 Å². The fourth-order valence-corrected chi connectivity index (χ4v) is 4.25. The van der Waals surface area contributed by atoms with Crippen molar-refractivity contribution < 1.29 is 0 Å². The molecule has 1 aromatic heterocycles. The molecule has 1 heterocycles. The third-order valence-electron chi connectivity index (χ3n) is 4.88. The number of hydrogen-bond acceptors (Lipinski definition) is 4. The zero-order chi connectivity index (χ0) is 14.1. The number of fused-ring (bicyclic) bond motifs is 2. The molecule has 110 valence electrons. The van der Waals surface area contributed by atoms with E-state index in [1.54, 1.807) is 0 Å². The zero-order valence-electron chi connectivity index (χ0n) is 12.2. The second-order valence-corrected chi connectivity index (χ2v) is 7.05. The van der Waals surface area contributed by atoms with Crippen molar-refractivity contribution in [3.05, 3.63) is 10.7 Å². The van der Waals surface area contributed by atoms with Gasteiger partial charge in [-0.25, -0.2) is 4.98 Å². The largest absolute Gasteiger partial charge is 0.366 e. The molecule has 2 aliphatic carbocycles. The first-order valence-electron chi connectivity index (χ1n) is 7.70. The summed E-state index contributed by atoms with van der Waals surface area (Å²) in [5.74, 6) is 4.32. The van der Waals surface area contributed by atoms with Crippen LogP contribution in [0.3, 0.4) is 0 Å². The van der Waals surface area contributed by atoms with E-state index in [9.17, 15) is 0 Å². The van der Waals surface area contributed by atoms with E-state index in [-0.39, 0.29) is 0 Å². The molecular weight excluding hydrogens is 316 g/mol. The summed E-state index contributed by atoms with van der Waals surface area (Å²) in [6, 6.07) is 0.478. The van der Waals surface area contributed by atoms with Crippen LogP contribution in [0.15, 0.2) is 10.7 Å². The van der Waals surface area contributed by atoms with Crippen LogP contribution in [0.4, 0.5) is 11.8 Å². The molecule has 0 aliphatic heterocycles. The molecule has 4 atom stereocenters. The standard InChI is InChI=1S/C15H23BrN4/c1-3-17-15-18-8-13(16)14(20-15)19-9(2)12-7-10-4-5-11(12)6-10/h8-12H,3-7H2,1-2H3,(H2,17,18,19,20). The van der Waals surface area contributed by atoms with Gasteiger partial charge in [-0.05, 0) is 66.8 Å². The molecular formula is C15H23BrN4. The lowest BCUT2D eigenvalue weighted by atomic mass is 9.84. The lowest BCUT2D eigenvalue weighted by molar-refractivity contribution is 0.304. The minimum Gasteiger partial charge on any atom is -0.366 e. The fraction of sp³-hybridized carbons (Fsp3) is 0.733. The maximum absolute atomic E-state index is 4.56. The van der Waals surface area contributed by atoms with Crippen LogP contribution in [-0.2, 0) is 0 Å². The molecule has 2 bridgehead atoms. The minimum atomic E-state index is 0.478. The van der Waals surface area contributed by atoms with Gasteiger partial charge in [0.05, 0.1) is 4.47 Å². The van der Waals surface area contributed by atoms with E-state index in [0.717, 1.165) is 34.6 Å². The van der Waals surface area contributed by atoms with Gasteiger partial charge < -0.3 is 10.6 Å². The van der Waals surface area contributed by atoms with Crippen molar-refractivity contribution >= 4 is 27.7 Å². The van der Waals surface area contributed by atoms with E-state index in [4.69, 9.17) is 0 Å². The van der Waals surface area contributed by atoms with Gasteiger partial charge in [-0.15, -0.1) is 0 Å². The topological polar surface area (TPSA) is 49.8 Å². The molecule has 0 saturated heterocycles. The highest BCUT2D eigenvalue weighted by Crippen LogP contribution is 2.49. The molecule has 0 radical (unpaired) electrons. The molecule has 2 saturated carbocycles. The first kappa shape index (κ1) is 14.1. The van der Waals surface area contributed by atoms with Crippen molar-refractivity contribution in [2.75, 3.05) is 17.2 Å². The van der Waals surface area contributed by atoms with Crippen LogP contribution in [0.1, 0.15) is 39.5 Å². The summed E-state index contributed by atoms with van der Waals surface area (Å²) in [5, 5.41) is 6.76. The molecule has 20 heavy (non-hydrogen) atoms. The van der Waals surface area contributed by atoms with Gasteiger partial charge in [-0.2, -0.15) is 4.98 Å². The van der Waals surface area contributed by atoms with Gasteiger partial charge in [0.1, 0.15) is 5.82 Å². The molecule has 3 rings (SSSR count). The molecule has 0 amide bonds. The van der Waals surface area contributed by atoms with Crippen molar-refractivity contribution in [3.8, 4) is 0 Å². The summed E-state index contributed by atoms with van der Waals surface area (Å²) >= 11 is 3.54. The summed E-state index contributed by atoms with van der Waals surface area (Å²) < 4.78 is 0.939. The van der Waals surface area contributed by atoms with Gasteiger partial charge in [0.25, 0.3) is 0 Å². The zero-order valence-corrected chi connectivity index (χ0v) is 13.8. The maximum Gasteiger partial charge on any atom is 0.224 e. The quantitative estimate of drug-likeness (QED) is 0.854. The summed E-state index contributed by atoms with van der Waals surface area (Å²) in [7, 11) is 0. The van der Waals surface area contributed by atoms with Crippen LogP contribution in [0, 0.1) is 17.8 Å². The average molecular weight is 339 g/mol. The van der Waals surface area contributed by atoms with Gasteiger partial charge >= 0.3 is 0 Å². The van der Waals surface area contributed by atoms with Crippen LogP contribution < -0.4 is 10.6 Å². The van der Waals surface area contributed by atoms with Crippen molar-refractivity contribution in [2.45, 2.75) is 45.6 Å². The van der Waals surface area contributed by atoms with E-state index in [1.807, 2.05) is 6.20 Å². The van der Waals surface area contributed by atoms with Crippen molar-refractivity contribution in [3.63, 3.8) is 0 Å². The Morgan fingerprint density at radius 1 is 1.40 bits per heavy atom. The third-order valence-corrected chi connectivity index (χ3v) is 5.46. The van der Waals surface area contributed by atoms with E-state index >= 15 is 0 Å². The van der Waals surface area contributed by atoms with Crippen molar-refractivity contribution in [1.29, 1.82) is 0 Å². The van der Waals surface area contributed by atoms with Crippen LogP contribution in [-0.4, -0.2) is 22.6 Å². The Hall–Kier alpha value is -0.840. The van der Waals surface area contributed by atoms with Gasteiger partial charge in [0, 0.05) is 18.8 Å². The molecule has 2 N–H and O–H groups in total. The Kier molecular flexibility index (Phi) is 4.15. The number of nitrogens with zero attached hydrogens (tertiary/aromatic N) is 2. The second-order valence-electron chi connectivity index (χ2n) is 6.19. The molecule has 1 aromatic rings. The van der Waals surface area contributed by atoms with Crippen LogP contribution in [0.2, 0.25) is 0 Å². The SMILES string of the molecule is CCNc1ncc(Br)c(NC(C)C2CC3CCC2C3)n1. The highest BCUT2D eigenvalue weighted by Gasteiger charge is 2.41. The average Bonchev–Trinajstić information content (AvgIpc) is 3.05. The molecule has 2 aliphatic rings. The number of aromatic nitrogens is 2. The Balaban J connectivity index is 1.69. The lowest BCUT2D eigenvalue weighted by Crippen LogP contribution is -2.30. The summed E-state index contributed by atoms with van der Waals surface area (Å²) in [6.07, 6.45) is 7.54. The first-order valence-corrected chi connectivity index (χ1v) is 8.49. The summed E-state index contributed by atoms with van der Waals surface area (Å²) in [4.78, 5) is 8.82. The number of nitrogens with one attached hydrogen (secondary N) is 2. The monoisotopic (exact) mass is 338 g/mol. The summed E-state index contributed by atoms with van der Waals surface area (Å²) in [6.45, 7) is 5.19. The van der Waals surface area contributed by atoms with Gasteiger partial charge in [-0.1, -0.05) is 6.42 Å². The normalized spacial score (nSPS) is 29.4. The number of halogens is 1. The van der Waals surface area contributed by atoms with Gasteiger partial charge in [-0.3, -0.25) is 0 Å². The Morgan fingerprint density at radius 3 is 2.90 bits per heavy atom. The third kappa shape index (κ3) is 2.78. The van der Waals surface area contributed by atoms with Crippen LogP contribution >= 0.6 is 15.9 Å². The van der Waals surface area contributed by atoms with Crippen molar-refractivity contribution in [1.82, 2.24) is 9.97 Å². The number of anilines is 2. The Morgan fingerprint density at radius 2 is 2.25 bits per heavy atom. The Labute approximate surface area is 129 Å². The fourth-order valence-electron chi connectivity index (χ4n) is 3.94. The summed E-state index contributed by atoms with van der Waals surface area (Å²) in [5.41, 5.74) is 0.